The molecule has 2 heterocycles. The number of carbonyl (C=O) groups is 1. The van der Waals surface area contributed by atoms with E-state index in [2.05, 4.69) is 11.4 Å². The number of carbonyl (C=O) groups excluding carboxylic acids is 1. The van der Waals surface area contributed by atoms with Crippen molar-refractivity contribution in [3.63, 3.8) is 0 Å². The number of aliphatic imine (C=N–C) groups is 1. The summed E-state index contributed by atoms with van der Waals surface area (Å²) in [7, 11) is -3.11. The van der Waals surface area contributed by atoms with E-state index in [1.165, 1.54) is 11.8 Å². The standard InChI is InChI=1S/C23H27N3O3S2/c1-14-6-8-20(17(4)9-14)26-21-13-31(28,29)12-19(21)25-23(26)30-11-22(27)24-18-10-15(2)5-7-16(18)3/h5-10,19,21H,11-13H2,1-4H3,(H,24,27)/t19-,21+/m1/s1. The van der Waals surface area contributed by atoms with Crippen LogP contribution >= 0.6 is 11.8 Å². The molecular formula is C23H27N3O3S2. The molecule has 31 heavy (non-hydrogen) atoms. The van der Waals surface area contributed by atoms with Crippen LogP contribution in [0.15, 0.2) is 41.4 Å². The molecule has 6 nitrogen and oxygen atoms in total. The van der Waals surface area contributed by atoms with Gasteiger partial charge in [-0.3, -0.25) is 9.79 Å². The predicted octanol–water partition coefficient (Wildman–Crippen LogP) is 3.63. The summed E-state index contributed by atoms with van der Waals surface area (Å²) in [6.45, 7) is 8.01. The molecule has 4 rings (SSSR count). The summed E-state index contributed by atoms with van der Waals surface area (Å²) >= 11 is 1.36. The van der Waals surface area contributed by atoms with Gasteiger partial charge in [0.2, 0.25) is 5.91 Å². The molecule has 1 amide bonds. The van der Waals surface area contributed by atoms with Gasteiger partial charge in [-0.15, -0.1) is 0 Å². The highest BCUT2D eigenvalue weighted by atomic mass is 32.2. The first-order valence-corrected chi connectivity index (χ1v) is 13.1. The fraction of sp³-hybridized carbons (Fsp3) is 0.391. The Morgan fingerprint density at radius 1 is 1.06 bits per heavy atom. The lowest BCUT2D eigenvalue weighted by Gasteiger charge is -2.28. The molecule has 1 saturated heterocycles. The maximum Gasteiger partial charge on any atom is 0.234 e. The number of aryl methyl sites for hydroxylation is 4. The zero-order valence-electron chi connectivity index (χ0n) is 18.2. The normalized spacial score (nSPS) is 21.7. The lowest BCUT2D eigenvalue weighted by molar-refractivity contribution is -0.113. The Bertz CT molecular complexity index is 1170. The minimum atomic E-state index is -3.11. The Hall–Kier alpha value is -2.32. The van der Waals surface area contributed by atoms with E-state index in [9.17, 15) is 13.2 Å². The third-order valence-corrected chi connectivity index (χ3v) is 8.38. The number of rotatable bonds is 4. The number of benzene rings is 2. The Morgan fingerprint density at radius 2 is 1.77 bits per heavy atom. The van der Waals surface area contributed by atoms with Crippen molar-refractivity contribution in [3.05, 3.63) is 58.7 Å². The number of nitrogens with one attached hydrogen (secondary N) is 1. The Labute approximate surface area is 188 Å². The minimum absolute atomic E-state index is 0.0673. The van der Waals surface area contributed by atoms with Crippen LogP contribution in [0.5, 0.6) is 0 Å². The molecular weight excluding hydrogens is 430 g/mol. The van der Waals surface area contributed by atoms with Crippen LogP contribution in [0.3, 0.4) is 0 Å². The maximum absolute atomic E-state index is 12.6. The van der Waals surface area contributed by atoms with Crippen molar-refractivity contribution in [2.24, 2.45) is 4.99 Å². The molecule has 2 aromatic rings. The van der Waals surface area contributed by atoms with Gasteiger partial charge in [0.25, 0.3) is 0 Å². The van der Waals surface area contributed by atoms with Crippen molar-refractivity contribution >= 4 is 44.0 Å². The zero-order valence-corrected chi connectivity index (χ0v) is 19.8. The lowest BCUT2D eigenvalue weighted by Crippen LogP contribution is -2.39. The molecule has 0 radical (unpaired) electrons. The predicted molar refractivity (Wildman–Crippen MR) is 129 cm³/mol. The molecule has 2 aliphatic rings. The second-order valence-electron chi connectivity index (χ2n) is 8.44. The molecule has 2 aliphatic heterocycles. The first kappa shape index (κ1) is 21.9. The van der Waals surface area contributed by atoms with E-state index < -0.39 is 9.84 Å². The number of amides is 1. The highest BCUT2D eigenvalue weighted by molar-refractivity contribution is 8.14. The number of sulfone groups is 1. The topological polar surface area (TPSA) is 78.8 Å². The van der Waals surface area contributed by atoms with E-state index in [1.54, 1.807) is 0 Å². The molecule has 0 aliphatic carbocycles. The van der Waals surface area contributed by atoms with Crippen LogP contribution in [-0.2, 0) is 14.6 Å². The third kappa shape index (κ3) is 4.65. The monoisotopic (exact) mass is 457 g/mol. The summed E-state index contributed by atoms with van der Waals surface area (Å²) in [6.07, 6.45) is 0. The number of nitrogens with zero attached hydrogens (tertiary/aromatic N) is 2. The van der Waals surface area contributed by atoms with Crippen molar-refractivity contribution in [2.45, 2.75) is 39.8 Å². The van der Waals surface area contributed by atoms with Gasteiger partial charge < -0.3 is 10.2 Å². The summed E-state index contributed by atoms with van der Waals surface area (Å²) in [5, 5.41) is 3.70. The number of amidine groups is 1. The number of anilines is 2. The molecule has 2 atom stereocenters. The van der Waals surface area contributed by atoms with E-state index in [1.807, 2.05) is 62.9 Å². The number of thioether (sulfide) groups is 1. The summed E-state index contributed by atoms with van der Waals surface area (Å²) in [5.74, 6) is 0.261. The second-order valence-corrected chi connectivity index (χ2v) is 11.5. The number of hydrogen-bond donors (Lipinski definition) is 1. The van der Waals surface area contributed by atoms with Gasteiger partial charge in [0.1, 0.15) is 0 Å². The molecule has 0 aromatic heterocycles. The Morgan fingerprint density at radius 3 is 2.52 bits per heavy atom. The van der Waals surface area contributed by atoms with Gasteiger partial charge in [0.05, 0.1) is 29.3 Å². The molecule has 0 unspecified atom stereocenters. The maximum atomic E-state index is 12.6. The zero-order chi connectivity index (χ0) is 22.3. The van der Waals surface area contributed by atoms with Gasteiger partial charge >= 0.3 is 0 Å². The molecule has 1 N–H and O–H groups in total. The van der Waals surface area contributed by atoms with Gasteiger partial charge in [0, 0.05) is 11.4 Å². The molecule has 0 bridgehead atoms. The average molecular weight is 458 g/mol. The molecule has 8 heteroatoms. The van der Waals surface area contributed by atoms with E-state index in [4.69, 9.17) is 4.99 Å². The van der Waals surface area contributed by atoms with Crippen LogP contribution in [0, 0.1) is 27.7 Å². The first-order chi connectivity index (χ1) is 14.6. The van der Waals surface area contributed by atoms with Gasteiger partial charge in [-0.2, -0.15) is 0 Å². The van der Waals surface area contributed by atoms with Crippen molar-refractivity contribution in [1.82, 2.24) is 0 Å². The average Bonchev–Trinajstić information content (AvgIpc) is 3.14. The summed E-state index contributed by atoms with van der Waals surface area (Å²) in [5.41, 5.74) is 6.08. The van der Waals surface area contributed by atoms with Crippen LogP contribution in [-0.4, -0.2) is 48.8 Å². The first-order valence-electron chi connectivity index (χ1n) is 10.3. The number of fused-ring (bicyclic) bond motifs is 1. The summed E-state index contributed by atoms with van der Waals surface area (Å²) in [4.78, 5) is 19.4. The smallest absolute Gasteiger partial charge is 0.234 e. The highest BCUT2D eigenvalue weighted by Crippen LogP contribution is 2.36. The van der Waals surface area contributed by atoms with Crippen molar-refractivity contribution in [1.29, 1.82) is 0 Å². The minimum Gasteiger partial charge on any atom is -0.325 e. The third-order valence-electron chi connectivity index (χ3n) is 5.72. The highest BCUT2D eigenvalue weighted by Gasteiger charge is 2.47. The quantitative estimate of drug-likeness (QED) is 0.758. The van der Waals surface area contributed by atoms with Gasteiger partial charge in [-0.1, -0.05) is 41.6 Å². The molecule has 0 saturated carbocycles. The van der Waals surface area contributed by atoms with Crippen molar-refractivity contribution < 1.29 is 13.2 Å². The molecule has 1 fully saturated rings. The lowest BCUT2D eigenvalue weighted by atomic mass is 10.1. The number of hydrogen-bond acceptors (Lipinski definition) is 6. The fourth-order valence-electron chi connectivity index (χ4n) is 4.18. The van der Waals surface area contributed by atoms with Crippen LogP contribution in [0.25, 0.3) is 0 Å². The van der Waals surface area contributed by atoms with E-state index in [0.29, 0.717) is 5.17 Å². The van der Waals surface area contributed by atoms with Gasteiger partial charge in [-0.25, -0.2) is 8.42 Å². The van der Waals surface area contributed by atoms with Gasteiger partial charge in [-0.05, 0) is 56.5 Å². The largest absolute Gasteiger partial charge is 0.325 e. The Kier molecular flexibility index (Phi) is 5.87. The van der Waals surface area contributed by atoms with Crippen molar-refractivity contribution in [2.75, 3.05) is 27.5 Å². The molecule has 2 aromatic carbocycles. The van der Waals surface area contributed by atoms with Crippen LogP contribution in [0.4, 0.5) is 11.4 Å². The molecule has 0 spiro atoms. The van der Waals surface area contributed by atoms with E-state index in [-0.39, 0.29) is 35.2 Å². The second kappa shape index (κ2) is 8.31. The summed E-state index contributed by atoms with van der Waals surface area (Å²) in [6, 6.07) is 11.6. The van der Waals surface area contributed by atoms with E-state index in [0.717, 1.165) is 33.6 Å². The van der Waals surface area contributed by atoms with Crippen LogP contribution in [0.2, 0.25) is 0 Å². The SMILES string of the molecule is Cc1ccc(N2C(SCC(=O)Nc3cc(C)ccc3C)=N[C@@H]3CS(=O)(=O)C[C@@H]32)c(C)c1. The van der Waals surface area contributed by atoms with Crippen LogP contribution < -0.4 is 10.2 Å². The Balaban J connectivity index is 1.54. The van der Waals surface area contributed by atoms with Crippen LogP contribution in [0.1, 0.15) is 22.3 Å². The van der Waals surface area contributed by atoms with Crippen molar-refractivity contribution in [3.8, 4) is 0 Å². The van der Waals surface area contributed by atoms with Gasteiger partial charge in [0.15, 0.2) is 15.0 Å². The fourth-order valence-corrected chi connectivity index (χ4v) is 6.94. The summed E-state index contributed by atoms with van der Waals surface area (Å²) < 4.78 is 24.5. The van der Waals surface area contributed by atoms with E-state index >= 15 is 0 Å². The molecule has 164 valence electrons.